The molecule has 0 aromatic heterocycles. The second kappa shape index (κ2) is 9.72. The number of carbonyl (C=O) groups excluding carboxylic acids is 2. The molecule has 0 aliphatic carbocycles. The van der Waals surface area contributed by atoms with Gasteiger partial charge < -0.3 is 10.1 Å². The Morgan fingerprint density at radius 2 is 1.63 bits per heavy atom. The van der Waals surface area contributed by atoms with Crippen LogP contribution in [0.15, 0.2) is 54.6 Å². The van der Waals surface area contributed by atoms with Crippen molar-refractivity contribution in [3.8, 4) is 0 Å². The molecule has 0 bridgehead atoms. The summed E-state index contributed by atoms with van der Waals surface area (Å²) in [6, 6.07) is 15.6. The zero-order valence-electron chi connectivity index (χ0n) is 16.4. The first-order valence-corrected chi connectivity index (χ1v) is 9.27. The Balaban J connectivity index is 1.86. The molecule has 0 aliphatic rings. The number of hydrogen-bond donors (Lipinski definition) is 1. The molecule has 142 valence electrons. The number of hydrogen-bond acceptors (Lipinski definition) is 3. The number of anilines is 1. The van der Waals surface area contributed by atoms with E-state index in [4.69, 9.17) is 4.74 Å². The van der Waals surface area contributed by atoms with Crippen LogP contribution in [0, 0.1) is 0 Å². The molecule has 1 N–H and O–H groups in total. The molecule has 2 aromatic carbocycles. The summed E-state index contributed by atoms with van der Waals surface area (Å²) < 4.78 is 5.18. The van der Waals surface area contributed by atoms with E-state index in [2.05, 4.69) is 26.1 Å². The molecule has 0 heterocycles. The van der Waals surface area contributed by atoms with Gasteiger partial charge in [-0.05, 0) is 54.2 Å². The molecule has 4 nitrogen and oxygen atoms in total. The minimum Gasteiger partial charge on any atom is -0.449 e. The molecule has 1 atom stereocenters. The Kier molecular flexibility index (Phi) is 7.35. The molecule has 0 saturated heterocycles. The summed E-state index contributed by atoms with van der Waals surface area (Å²) >= 11 is 0. The molecule has 2 aromatic rings. The Morgan fingerprint density at radius 1 is 1.00 bits per heavy atom. The molecule has 27 heavy (non-hydrogen) atoms. The number of benzene rings is 2. The molecule has 0 fully saturated rings. The maximum absolute atomic E-state index is 12.2. The number of rotatable bonds is 7. The minimum atomic E-state index is -0.878. The Hall–Kier alpha value is -2.88. The van der Waals surface area contributed by atoms with E-state index in [1.807, 2.05) is 48.5 Å². The van der Waals surface area contributed by atoms with Gasteiger partial charge in [0.15, 0.2) is 6.10 Å². The summed E-state index contributed by atoms with van der Waals surface area (Å²) in [5, 5.41) is 2.75. The normalized spacial score (nSPS) is 12.2. The van der Waals surface area contributed by atoms with Crippen molar-refractivity contribution in [2.24, 2.45) is 0 Å². The third-order valence-corrected chi connectivity index (χ3v) is 4.31. The lowest BCUT2D eigenvalue weighted by Crippen LogP contribution is -2.29. The van der Waals surface area contributed by atoms with Crippen LogP contribution in [0.4, 0.5) is 5.69 Å². The van der Waals surface area contributed by atoms with E-state index in [1.54, 1.807) is 13.0 Å². The van der Waals surface area contributed by atoms with Crippen LogP contribution < -0.4 is 5.32 Å². The fourth-order valence-electron chi connectivity index (χ4n) is 2.49. The highest BCUT2D eigenvalue weighted by molar-refractivity contribution is 5.96. The highest BCUT2D eigenvalue weighted by atomic mass is 16.5. The van der Waals surface area contributed by atoms with Gasteiger partial charge in [-0.15, -0.1) is 0 Å². The van der Waals surface area contributed by atoms with Crippen molar-refractivity contribution < 1.29 is 14.3 Å². The molecular formula is C23H27NO3. The summed E-state index contributed by atoms with van der Waals surface area (Å²) in [5.74, 6) is -0.445. The molecule has 0 radical (unpaired) electrons. The lowest BCUT2D eigenvalue weighted by molar-refractivity contribution is -0.148. The molecule has 0 saturated carbocycles. The minimum absolute atomic E-state index is 0.359. The van der Waals surface area contributed by atoms with E-state index in [0.717, 1.165) is 12.0 Å². The van der Waals surface area contributed by atoms with E-state index in [1.165, 1.54) is 17.2 Å². The van der Waals surface area contributed by atoms with Gasteiger partial charge in [0.2, 0.25) is 0 Å². The van der Waals surface area contributed by atoms with Crippen molar-refractivity contribution in [2.75, 3.05) is 5.32 Å². The van der Waals surface area contributed by atoms with Gasteiger partial charge in [-0.2, -0.15) is 0 Å². The average molecular weight is 365 g/mol. The van der Waals surface area contributed by atoms with Crippen molar-refractivity contribution in [3.05, 3.63) is 71.3 Å². The average Bonchev–Trinajstić information content (AvgIpc) is 2.67. The third-order valence-electron chi connectivity index (χ3n) is 4.31. The van der Waals surface area contributed by atoms with Crippen molar-refractivity contribution in [1.29, 1.82) is 0 Å². The molecule has 0 aliphatic heterocycles. The molecule has 4 heteroatoms. The first-order chi connectivity index (χ1) is 12.9. The largest absolute Gasteiger partial charge is 0.449 e. The Bertz CT molecular complexity index is 789. The number of aryl methyl sites for hydroxylation is 1. The predicted octanol–water partition coefficient (Wildman–Crippen LogP) is 4.96. The van der Waals surface area contributed by atoms with Gasteiger partial charge in [0, 0.05) is 11.8 Å². The number of ether oxygens (including phenoxy) is 1. The fourth-order valence-corrected chi connectivity index (χ4v) is 2.49. The molecule has 1 amide bonds. The van der Waals surface area contributed by atoms with Crippen LogP contribution in [0.25, 0.3) is 6.08 Å². The van der Waals surface area contributed by atoms with Gasteiger partial charge in [0.1, 0.15) is 0 Å². The number of amides is 1. The van der Waals surface area contributed by atoms with E-state index in [-0.39, 0.29) is 5.91 Å². The Morgan fingerprint density at radius 3 is 2.19 bits per heavy atom. The van der Waals surface area contributed by atoms with Crippen molar-refractivity contribution >= 4 is 23.6 Å². The first kappa shape index (κ1) is 20.4. The first-order valence-electron chi connectivity index (χ1n) is 9.27. The summed E-state index contributed by atoms with van der Waals surface area (Å²) in [7, 11) is 0. The number of nitrogens with one attached hydrogen (secondary N) is 1. The van der Waals surface area contributed by atoms with E-state index in [9.17, 15) is 9.59 Å². The van der Waals surface area contributed by atoms with Crippen LogP contribution in [0.5, 0.6) is 0 Å². The van der Waals surface area contributed by atoms with Gasteiger partial charge in [-0.25, -0.2) is 4.79 Å². The predicted molar refractivity (Wildman–Crippen MR) is 110 cm³/mol. The van der Waals surface area contributed by atoms with Crippen LogP contribution in [0.1, 0.15) is 50.3 Å². The van der Waals surface area contributed by atoms with Gasteiger partial charge in [-0.1, -0.05) is 57.2 Å². The highest BCUT2D eigenvalue weighted by Gasteiger charge is 2.16. The smallest absolute Gasteiger partial charge is 0.331 e. The lowest BCUT2D eigenvalue weighted by atomic mass is 10.0. The third kappa shape index (κ3) is 6.41. The van der Waals surface area contributed by atoms with Crippen LogP contribution in [-0.4, -0.2) is 18.0 Å². The maximum atomic E-state index is 12.2. The zero-order valence-corrected chi connectivity index (χ0v) is 16.4. The molecule has 2 rings (SSSR count). The highest BCUT2D eigenvalue weighted by Crippen LogP contribution is 2.15. The van der Waals surface area contributed by atoms with Crippen molar-refractivity contribution in [2.45, 2.75) is 46.1 Å². The second-order valence-electron chi connectivity index (χ2n) is 6.77. The standard InChI is InChI=1S/C23H27NO3/c1-5-18-8-13-21(14-9-18)24-23(26)17(4)27-22(25)15-10-19-6-11-20(12-7-19)16(2)3/h6-17H,5H2,1-4H3,(H,24,26). The second-order valence-corrected chi connectivity index (χ2v) is 6.77. The van der Waals surface area contributed by atoms with Crippen molar-refractivity contribution in [1.82, 2.24) is 0 Å². The Labute approximate surface area is 161 Å². The van der Waals surface area contributed by atoms with E-state index in [0.29, 0.717) is 11.6 Å². The van der Waals surface area contributed by atoms with Crippen LogP contribution in [-0.2, 0) is 20.7 Å². The zero-order chi connectivity index (χ0) is 19.8. The van der Waals surface area contributed by atoms with E-state index < -0.39 is 12.1 Å². The van der Waals surface area contributed by atoms with Crippen LogP contribution in [0.2, 0.25) is 0 Å². The molecule has 0 spiro atoms. The topological polar surface area (TPSA) is 55.4 Å². The quantitative estimate of drug-likeness (QED) is 0.557. The fraction of sp³-hybridized carbons (Fsp3) is 0.304. The summed E-state index contributed by atoms with van der Waals surface area (Å²) in [5.41, 5.74) is 4.02. The van der Waals surface area contributed by atoms with E-state index >= 15 is 0 Å². The van der Waals surface area contributed by atoms with Gasteiger partial charge >= 0.3 is 5.97 Å². The number of carbonyl (C=O) groups is 2. The van der Waals surface area contributed by atoms with Crippen LogP contribution in [0.3, 0.4) is 0 Å². The molecular weight excluding hydrogens is 338 g/mol. The monoisotopic (exact) mass is 365 g/mol. The summed E-state index contributed by atoms with van der Waals surface area (Å²) in [4.78, 5) is 24.1. The maximum Gasteiger partial charge on any atom is 0.331 e. The summed E-state index contributed by atoms with van der Waals surface area (Å²) in [6.45, 7) is 7.89. The van der Waals surface area contributed by atoms with Gasteiger partial charge in [-0.3, -0.25) is 4.79 Å². The molecule has 1 unspecified atom stereocenters. The number of esters is 1. The van der Waals surface area contributed by atoms with Gasteiger partial charge in [0.25, 0.3) is 5.91 Å². The van der Waals surface area contributed by atoms with Crippen molar-refractivity contribution in [3.63, 3.8) is 0 Å². The summed E-state index contributed by atoms with van der Waals surface area (Å²) in [6.07, 6.45) is 3.08. The lowest BCUT2D eigenvalue weighted by Gasteiger charge is -2.12. The van der Waals surface area contributed by atoms with Gasteiger partial charge in [0.05, 0.1) is 0 Å². The van der Waals surface area contributed by atoms with Crippen LogP contribution >= 0.6 is 0 Å². The SMILES string of the molecule is CCc1ccc(NC(=O)C(C)OC(=O)C=Cc2ccc(C(C)C)cc2)cc1.